The molecule has 0 spiro atoms. The van der Waals surface area contributed by atoms with Gasteiger partial charge < -0.3 is 4.98 Å². The van der Waals surface area contributed by atoms with Crippen molar-refractivity contribution in [2.24, 2.45) is 0 Å². The highest BCUT2D eigenvalue weighted by Crippen LogP contribution is 2.41. The zero-order valence-corrected chi connectivity index (χ0v) is 13.0. The molecule has 3 aromatic rings. The van der Waals surface area contributed by atoms with E-state index in [0.29, 0.717) is 33.4 Å². The SMILES string of the molecule is CC1=C(C(=O)c2ccccc2)c2c([nH]c3ccc(Cl)cc23)OO1. The summed E-state index contributed by atoms with van der Waals surface area (Å²) in [6, 6.07) is 14.5. The highest BCUT2D eigenvalue weighted by atomic mass is 35.5. The lowest BCUT2D eigenvalue weighted by Gasteiger charge is -2.17. The molecule has 0 saturated heterocycles. The number of ketones is 1. The number of allylic oxidation sites excluding steroid dienone is 2. The molecule has 0 fully saturated rings. The van der Waals surface area contributed by atoms with Crippen LogP contribution < -0.4 is 4.89 Å². The molecule has 1 N–H and O–H groups in total. The highest BCUT2D eigenvalue weighted by Gasteiger charge is 2.30. The van der Waals surface area contributed by atoms with Gasteiger partial charge in [-0.15, -0.1) is 0 Å². The van der Waals surface area contributed by atoms with Crippen LogP contribution in [0.1, 0.15) is 22.8 Å². The molecular weight excluding hydrogens is 314 g/mol. The number of carbonyl (C=O) groups excluding carboxylic acids is 1. The van der Waals surface area contributed by atoms with Crippen LogP contribution in [0, 0.1) is 0 Å². The van der Waals surface area contributed by atoms with Gasteiger partial charge in [-0.3, -0.25) is 14.6 Å². The zero-order valence-electron chi connectivity index (χ0n) is 12.2. The van der Waals surface area contributed by atoms with Gasteiger partial charge in [-0.1, -0.05) is 41.9 Å². The van der Waals surface area contributed by atoms with Crippen molar-refractivity contribution in [3.8, 4) is 5.88 Å². The van der Waals surface area contributed by atoms with Crippen molar-refractivity contribution in [2.45, 2.75) is 6.92 Å². The molecule has 5 heteroatoms. The first-order valence-corrected chi connectivity index (χ1v) is 7.49. The van der Waals surface area contributed by atoms with Gasteiger partial charge in [0.05, 0.1) is 11.1 Å². The number of benzene rings is 2. The molecule has 114 valence electrons. The second-order valence-corrected chi connectivity index (χ2v) is 5.75. The van der Waals surface area contributed by atoms with E-state index in [2.05, 4.69) is 4.98 Å². The predicted molar refractivity (Wildman–Crippen MR) is 88.4 cm³/mol. The lowest BCUT2D eigenvalue weighted by molar-refractivity contribution is -0.171. The number of nitrogens with one attached hydrogen (secondary N) is 1. The first-order valence-electron chi connectivity index (χ1n) is 7.12. The highest BCUT2D eigenvalue weighted by molar-refractivity contribution is 6.34. The number of aromatic amines is 1. The number of carbonyl (C=O) groups is 1. The molecule has 4 rings (SSSR count). The average Bonchev–Trinajstić information content (AvgIpc) is 2.93. The van der Waals surface area contributed by atoms with Crippen LogP contribution in [-0.4, -0.2) is 10.8 Å². The number of H-pyrrole nitrogens is 1. The Bertz CT molecular complexity index is 957. The average molecular weight is 326 g/mol. The Morgan fingerprint density at radius 2 is 1.87 bits per heavy atom. The minimum Gasteiger partial charge on any atom is -0.321 e. The molecule has 0 amide bonds. The third-order valence-electron chi connectivity index (χ3n) is 3.84. The standard InChI is InChI=1S/C18H12ClNO3/c1-10-15(17(21)11-5-3-2-4-6-11)16-13-9-12(19)7-8-14(13)20-18(16)23-22-10/h2-9,20H,1H3. The number of aromatic nitrogens is 1. The molecule has 0 aliphatic carbocycles. The van der Waals surface area contributed by atoms with Gasteiger partial charge in [0.25, 0.3) is 5.88 Å². The molecule has 4 nitrogen and oxygen atoms in total. The molecule has 1 aromatic heterocycles. The van der Waals surface area contributed by atoms with Gasteiger partial charge in [-0.25, -0.2) is 0 Å². The van der Waals surface area contributed by atoms with Crippen LogP contribution in [0.15, 0.2) is 54.3 Å². The van der Waals surface area contributed by atoms with Crippen molar-refractivity contribution in [3.05, 3.63) is 70.4 Å². The number of hydrogen-bond acceptors (Lipinski definition) is 3. The summed E-state index contributed by atoms with van der Waals surface area (Å²) >= 11 is 6.11. The first-order chi connectivity index (χ1) is 11.1. The monoisotopic (exact) mass is 325 g/mol. The van der Waals surface area contributed by atoms with Crippen molar-refractivity contribution in [1.82, 2.24) is 4.98 Å². The van der Waals surface area contributed by atoms with E-state index in [-0.39, 0.29) is 5.78 Å². The summed E-state index contributed by atoms with van der Waals surface area (Å²) in [7, 11) is 0. The van der Waals surface area contributed by atoms with Crippen molar-refractivity contribution in [3.63, 3.8) is 0 Å². The van der Waals surface area contributed by atoms with E-state index in [9.17, 15) is 4.79 Å². The summed E-state index contributed by atoms with van der Waals surface area (Å²) in [5.41, 5.74) is 2.58. The van der Waals surface area contributed by atoms with E-state index >= 15 is 0 Å². The fraction of sp³-hybridized carbons (Fsp3) is 0.0556. The molecule has 2 aromatic carbocycles. The Kier molecular flexibility index (Phi) is 3.13. The number of hydrogen-bond donors (Lipinski definition) is 1. The Hall–Kier alpha value is -2.72. The molecule has 1 aliphatic rings. The fourth-order valence-electron chi connectivity index (χ4n) is 2.78. The molecule has 0 atom stereocenters. The third-order valence-corrected chi connectivity index (χ3v) is 4.08. The molecular formula is C18H12ClNO3. The van der Waals surface area contributed by atoms with E-state index in [1.807, 2.05) is 30.3 Å². The van der Waals surface area contributed by atoms with E-state index in [0.717, 1.165) is 10.9 Å². The van der Waals surface area contributed by atoms with Crippen molar-refractivity contribution >= 4 is 33.9 Å². The van der Waals surface area contributed by atoms with E-state index < -0.39 is 0 Å². The van der Waals surface area contributed by atoms with E-state index in [1.165, 1.54) is 0 Å². The van der Waals surface area contributed by atoms with Gasteiger partial charge in [-0.2, -0.15) is 0 Å². The molecule has 23 heavy (non-hydrogen) atoms. The van der Waals surface area contributed by atoms with Gasteiger partial charge >= 0.3 is 0 Å². The van der Waals surface area contributed by atoms with E-state index in [1.54, 1.807) is 25.1 Å². The van der Waals surface area contributed by atoms with Crippen molar-refractivity contribution in [1.29, 1.82) is 0 Å². The maximum atomic E-state index is 13.0. The van der Waals surface area contributed by atoms with Gasteiger partial charge in [0.1, 0.15) is 0 Å². The van der Waals surface area contributed by atoms with Crippen LogP contribution in [0.5, 0.6) is 5.88 Å². The van der Waals surface area contributed by atoms with Gasteiger partial charge in [0.2, 0.25) is 0 Å². The molecule has 0 bridgehead atoms. The Balaban J connectivity index is 1.96. The summed E-state index contributed by atoms with van der Waals surface area (Å²) in [6.07, 6.45) is 0. The minimum absolute atomic E-state index is 0.117. The Labute approximate surface area is 137 Å². The van der Waals surface area contributed by atoms with Crippen LogP contribution >= 0.6 is 11.6 Å². The molecule has 2 heterocycles. The van der Waals surface area contributed by atoms with Crippen LogP contribution in [0.3, 0.4) is 0 Å². The first kappa shape index (κ1) is 13.9. The number of halogens is 1. The largest absolute Gasteiger partial charge is 0.321 e. The fourth-order valence-corrected chi connectivity index (χ4v) is 2.95. The molecule has 0 saturated carbocycles. The predicted octanol–water partition coefficient (Wildman–Crippen LogP) is 4.76. The lowest BCUT2D eigenvalue weighted by Crippen LogP contribution is -2.13. The second-order valence-electron chi connectivity index (χ2n) is 5.31. The summed E-state index contributed by atoms with van der Waals surface area (Å²) < 4.78 is 0. The van der Waals surface area contributed by atoms with Gasteiger partial charge in [0, 0.05) is 21.5 Å². The van der Waals surface area contributed by atoms with Gasteiger partial charge in [0.15, 0.2) is 11.5 Å². The summed E-state index contributed by atoms with van der Waals surface area (Å²) in [5.74, 6) is 0.716. The van der Waals surface area contributed by atoms with E-state index in [4.69, 9.17) is 21.4 Å². The van der Waals surface area contributed by atoms with Crippen LogP contribution in [-0.2, 0) is 4.89 Å². The maximum Gasteiger partial charge on any atom is 0.257 e. The number of Topliss-reactive ketones (excluding diaryl/α,β-unsaturated/α-hetero) is 1. The van der Waals surface area contributed by atoms with Crippen LogP contribution in [0.2, 0.25) is 5.02 Å². The molecule has 0 radical (unpaired) electrons. The Morgan fingerprint density at radius 3 is 2.65 bits per heavy atom. The zero-order chi connectivity index (χ0) is 16.0. The minimum atomic E-state index is -0.117. The third kappa shape index (κ3) is 2.19. The van der Waals surface area contributed by atoms with Crippen LogP contribution in [0.25, 0.3) is 16.5 Å². The molecule has 1 aliphatic heterocycles. The Morgan fingerprint density at radius 1 is 1.09 bits per heavy atom. The quantitative estimate of drug-likeness (QED) is 0.546. The number of fused-ring (bicyclic) bond motifs is 3. The van der Waals surface area contributed by atoms with Crippen molar-refractivity contribution in [2.75, 3.05) is 0 Å². The van der Waals surface area contributed by atoms with Crippen LogP contribution in [0.4, 0.5) is 0 Å². The normalized spacial score (nSPS) is 13.5. The molecule has 0 unspecified atom stereocenters. The lowest BCUT2D eigenvalue weighted by atomic mass is 9.94. The second kappa shape index (κ2) is 5.18. The summed E-state index contributed by atoms with van der Waals surface area (Å²) in [6.45, 7) is 1.71. The van der Waals surface area contributed by atoms with Gasteiger partial charge in [-0.05, 0) is 25.1 Å². The topological polar surface area (TPSA) is 51.3 Å². The van der Waals surface area contributed by atoms with Crippen molar-refractivity contribution < 1.29 is 14.6 Å². The maximum absolute atomic E-state index is 13.0. The summed E-state index contributed by atoms with van der Waals surface area (Å²) in [5, 5.41) is 1.42. The number of rotatable bonds is 2. The smallest absolute Gasteiger partial charge is 0.257 e. The summed E-state index contributed by atoms with van der Waals surface area (Å²) in [4.78, 5) is 26.5.